The zero-order valence-corrected chi connectivity index (χ0v) is 25.4. The van der Waals surface area contributed by atoms with Crippen LogP contribution in [0.5, 0.6) is 0 Å². The maximum atomic E-state index is 13.9. The predicted octanol–water partition coefficient (Wildman–Crippen LogP) is 9.97. The fraction of sp³-hybridized carbons (Fsp3) is 0.342. The van der Waals surface area contributed by atoms with Gasteiger partial charge in [-0.3, -0.25) is 4.79 Å². The fourth-order valence-corrected chi connectivity index (χ4v) is 5.06. The molecule has 0 unspecified atom stereocenters. The third kappa shape index (κ3) is 11.9. The Labute approximate surface area is 252 Å². The van der Waals surface area contributed by atoms with Crippen molar-refractivity contribution in [1.29, 1.82) is 0 Å². The minimum Gasteiger partial charge on any atom is -0.399 e. The molecule has 4 heteroatoms. The lowest BCUT2D eigenvalue weighted by molar-refractivity contribution is 0.0979. The van der Waals surface area contributed by atoms with E-state index >= 15 is 0 Å². The Morgan fingerprint density at radius 3 is 1.90 bits per heavy atom. The number of halogens is 1. The Balaban J connectivity index is 1.29. The summed E-state index contributed by atoms with van der Waals surface area (Å²) in [5.41, 5.74) is 18.7. The summed E-state index contributed by atoms with van der Waals surface area (Å²) < 4.78 is 13.9. The normalized spacial score (nSPS) is 11.6. The smallest absolute Gasteiger partial charge is 0.163 e. The number of alkyl halides is 1. The zero-order chi connectivity index (χ0) is 30.5. The monoisotopic (exact) mass is 566 g/mol. The van der Waals surface area contributed by atoms with Gasteiger partial charge in [-0.05, 0) is 85.6 Å². The van der Waals surface area contributed by atoms with Gasteiger partial charge in [0.15, 0.2) is 5.78 Å². The molecule has 0 spiro atoms. The van der Waals surface area contributed by atoms with Crippen molar-refractivity contribution in [1.82, 2.24) is 0 Å². The van der Waals surface area contributed by atoms with E-state index in [-0.39, 0.29) is 5.78 Å². The van der Waals surface area contributed by atoms with Crippen molar-refractivity contribution in [2.24, 2.45) is 0 Å². The van der Waals surface area contributed by atoms with E-state index in [9.17, 15) is 9.18 Å². The van der Waals surface area contributed by atoms with E-state index in [1.807, 2.05) is 24.3 Å². The average Bonchev–Trinajstić information content (AvgIpc) is 2.93. The second-order valence-corrected chi connectivity index (χ2v) is 12.0. The van der Waals surface area contributed by atoms with Gasteiger partial charge >= 0.3 is 0 Å². The highest BCUT2D eigenvalue weighted by molar-refractivity contribution is 5.97. The van der Waals surface area contributed by atoms with Gasteiger partial charge in [0.25, 0.3) is 0 Å². The fourth-order valence-electron chi connectivity index (χ4n) is 5.06. The molecule has 0 aliphatic carbocycles. The van der Waals surface area contributed by atoms with Crippen LogP contribution in [0.4, 0.5) is 15.8 Å². The van der Waals surface area contributed by atoms with Gasteiger partial charge in [0, 0.05) is 29.8 Å². The van der Waals surface area contributed by atoms with Crippen molar-refractivity contribution in [3.05, 3.63) is 119 Å². The number of unbranched alkanes of at least 4 members (excludes halogenated alkanes) is 5. The summed E-state index contributed by atoms with van der Waals surface area (Å²) in [5.74, 6) is 0.110. The molecule has 0 radical (unpaired) electrons. The van der Waals surface area contributed by atoms with Gasteiger partial charge in [0.05, 0.1) is 0 Å². The number of carbonyl (C=O) groups is 1. The van der Waals surface area contributed by atoms with E-state index in [1.54, 1.807) is 32.0 Å². The second-order valence-electron chi connectivity index (χ2n) is 12.0. The van der Waals surface area contributed by atoms with E-state index in [0.717, 1.165) is 66.4 Å². The molecular formula is C38H47FN2O. The molecule has 3 aromatic rings. The molecule has 0 aromatic heterocycles. The Bertz CT molecular complexity index is 1340. The van der Waals surface area contributed by atoms with Crippen LogP contribution in [-0.4, -0.2) is 11.5 Å². The summed E-state index contributed by atoms with van der Waals surface area (Å²) in [4.78, 5) is 12.3. The number of anilines is 2. The summed E-state index contributed by atoms with van der Waals surface area (Å²) in [6.07, 6.45) is 13.5. The van der Waals surface area contributed by atoms with Crippen molar-refractivity contribution in [2.75, 3.05) is 11.5 Å². The molecular weight excluding hydrogens is 519 g/mol. The van der Waals surface area contributed by atoms with Crippen LogP contribution in [0.15, 0.2) is 91.5 Å². The first-order valence-electron chi connectivity index (χ1n) is 15.1. The third-order valence-electron chi connectivity index (χ3n) is 7.35. The van der Waals surface area contributed by atoms with Crippen molar-refractivity contribution in [3.63, 3.8) is 0 Å². The van der Waals surface area contributed by atoms with Gasteiger partial charge in [0.2, 0.25) is 0 Å². The first kappa shape index (κ1) is 32.6. The van der Waals surface area contributed by atoms with Crippen LogP contribution in [0, 0.1) is 0 Å². The minimum absolute atomic E-state index is 0.110. The molecule has 42 heavy (non-hydrogen) atoms. The largest absolute Gasteiger partial charge is 0.399 e. The number of allylic oxidation sites excluding steroid dienone is 3. The van der Waals surface area contributed by atoms with Gasteiger partial charge in [-0.2, -0.15) is 0 Å². The van der Waals surface area contributed by atoms with Crippen molar-refractivity contribution >= 4 is 28.8 Å². The lowest BCUT2D eigenvalue weighted by Crippen LogP contribution is -2.15. The lowest BCUT2D eigenvalue weighted by Gasteiger charge is -2.14. The quantitative estimate of drug-likeness (QED) is 0.0739. The molecule has 0 saturated heterocycles. The maximum Gasteiger partial charge on any atom is 0.163 e. The molecule has 3 nitrogen and oxygen atoms in total. The number of rotatable bonds is 17. The number of carbonyl (C=O) groups excluding carboxylic acids is 1. The van der Waals surface area contributed by atoms with Gasteiger partial charge in [-0.1, -0.05) is 105 Å². The molecule has 0 bridgehead atoms. The number of hydrogen-bond acceptors (Lipinski definition) is 3. The molecule has 0 atom stereocenters. The van der Waals surface area contributed by atoms with E-state index in [4.69, 9.17) is 11.5 Å². The average molecular weight is 567 g/mol. The molecule has 222 valence electrons. The summed E-state index contributed by atoms with van der Waals surface area (Å²) in [6.45, 7) is 11.7. The molecule has 0 aliphatic heterocycles. The highest BCUT2D eigenvalue weighted by atomic mass is 19.1. The van der Waals surface area contributed by atoms with Crippen LogP contribution >= 0.6 is 0 Å². The van der Waals surface area contributed by atoms with Gasteiger partial charge in [0.1, 0.15) is 5.67 Å². The number of ketones is 1. The van der Waals surface area contributed by atoms with Crippen LogP contribution in [0.1, 0.15) is 97.8 Å². The molecule has 3 aromatic carbocycles. The van der Waals surface area contributed by atoms with E-state index in [1.165, 1.54) is 18.4 Å². The van der Waals surface area contributed by atoms with Crippen LogP contribution < -0.4 is 11.5 Å². The van der Waals surface area contributed by atoms with Gasteiger partial charge < -0.3 is 11.5 Å². The highest BCUT2D eigenvalue weighted by Crippen LogP contribution is 2.23. The Morgan fingerprint density at radius 2 is 1.31 bits per heavy atom. The standard InChI is InChI=1S/C38H47FN2O/c1-28(11-9-7-5-6-8-10-12-37(42)34-24-35(40)26-36(41)25-34)13-14-30-15-17-31(18-16-30)23-29(2)33-21-19-32(20-22-33)27-38(3,4)39/h13-22,24-26H,1-2,5-12,23,27,40-41H2,3-4H3/b14-13+. The topological polar surface area (TPSA) is 69.1 Å². The summed E-state index contributed by atoms with van der Waals surface area (Å²) >= 11 is 0. The summed E-state index contributed by atoms with van der Waals surface area (Å²) in [7, 11) is 0. The number of benzene rings is 3. The van der Waals surface area contributed by atoms with Crippen molar-refractivity contribution in [2.45, 2.75) is 83.7 Å². The van der Waals surface area contributed by atoms with E-state index < -0.39 is 5.67 Å². The lowest BCUT2D eigenvalue weighted by atomic mass is 9.95. The molecule has 0 fully saturated rings. The van der Waals surface area contributed by atoms with Crippen LogP contribution in [0.2, 0.25) is 0 Å². The predicted molar refractivity (Wildman–Crippen MR) is 179 cm³/mol. The zero-order valence-electron chi connectivity index (χ0n) is 25.4. The number of nitrogens with two attached hydrogens (primary N) is 2. The molecule has 4 N–H and O–H groups in total. The van der Waals surface area contributed by atoms with Crippen LogP contribution in [0.25, 0.3) is 11.6 Å². The van der Waals surface area contributed by atoms with Crippen molar-refractivity contribution in [3.8, 4) is 0 Å². The molecule has 3 rings (SSSR count). The SMILES string of the molecule is C=C(/C=C/c1ccc(CC(=C)c2ccc(CC(C)(C)F)cc2)cc1)CCCCCCCCC(=O)c1cc(N)cc(N)c1. The highest BCUT2D eigenvalue weighted by Gasteiger charge is 2.16. The van der Waals surface area contributed by atoms with E-state index in [2.05, 4.69) is 49.6 Å². The Hall–Kier alpha value is -3.92. The minimum atomic E-state index is -1.21. The Kier molecular flexibility index (Phi) is 12.3. The van der Waals surface area contributed by atoms with Crippen molar-refractivity contribution < 1.29 is 9.18 Å². The second kappa shape index (κ2) is 15.9. The first-order chi connectivity index (χ1) is 20.0. The Morgan fingerprint density at radius 1 is 0.762 bits per heavy atom. The number of hydrogen-bond donors (Lipinski definition) is 2. The van der Waals surface area contributed by atoms with Gasteiger partial charge in [-0.15, -0.1) is 0 Å². The third-order valence-corrected chi connectivity index (χ3v) is 7.35. The summed E-state index contributed by atoms with van der Waals surface area (Å²) in [5, 5.41) is 0. The van der Waals surface area contributed by atoms with Crippen LogP contribution in [0.3, 0.4) is 0 Å². The molecule has 0 aliphatic rings. The van der Waals surface area contributed by atoms with E-state index in [0.29, 0.717) is 29.8 Å². The molecule has 0 heterocycles. The van der Waals surface area contributed by atoms with Gasteiger partial charge in [-0.25, -0.2) is 4.39 Å². The first-order valence-corrected chi connectivity index (χ1v) is 15.1. The number of nitrogen functional groups attached to an aromatic ring is 2. The molecule has 0 saturated carbocycles. The van der Waals surface area contributed by atoms with Crippen LogP contribution in [-0.2, 0) is 12.8 Å². The maximum absolute atomic E-state index is 13.9. The molecule has 0 amide bonds. The summed E-state index contributed by atoms with van der Waals surface area (Å²) in [6, 6.07) is 21.7. The number of Topliss-reactive ketones (excluding diaryl/α,β-unsaturated/α-hetero) is 1.